The Morgan fingerprint density at radius 1 is 1.02 bits per heavy atom. The average Bonchev–Trinajstić information content (AvgIpc) is 3.50. The van der Waals surface area contributed by atoms with Crippen LogP contribution in [0.2, 0.25) is 0 Å². The fourth-order valence-corrected chi connectivity index (χ4v) is 7.45. The van der Waals surface area contributed by atoms with Crippen LogP contribution in [-0.2, 0) is 32.1 Å². The number of likely N-dealkylation sites (N-methyl/N-ethyl adjacent to an activating group) is 1. The Bertz CT molecular complexity index is 1880. The monoisotopic (exact) mass is 624 g/mol. The number of hydrogen-bond acceptors (Lipinski definition) is 10. The molecule has 11 nitrogen and oxygen atoms in total. The number of nitrogens with zero attached hydrogens (tertiary/aromatic N) is 1. The van der Waals surface area contributed by atoms with E-state index in [0.29, 0.717) is 22.6 Å². The molecule has 11 heteroatoms. The van der Waals surface area contributed by atoms with Crippen molar-refractivity contribution in [3.05, 3.63) is 94.3 Å². The normalized spacial score (nSPS) is 24.9. The number of aliphatic hydroxyl groups is 2. The zero-order valence-electron chi connectivity index (χ0n) is 25.1. The molecule has 7 rings (SSSR count). The van der Waals surface area contributed by atoms with E-state index in [1.54, 1.807) is 31.1 Å². The number of fused-ring (bicyclic) bond motifs is 4. The highest BCUT2D eigenvalue weighted by Gasteiger charge is 2.65. The van der Waals surface area contributed by atoms with Crippen LogP contribution in [0.5, 0.6) is 17.2 Å². The second kappa shape index (κ2) is 10.7. The summed E-state index contributed by atoms with van der Waals surface area (Å²) in [6.07, 6.45) is 0.294. The lowest BCUT2D eigenvalue weighted by Crippen LogP contribution is -2.67. The van der Waals surface area contributed by atoms with Gasteiger partial charge in [-0.2, -0.15) is 0 Å². The van der Waals surface area contributed by atoms with Crippen molar-refractivity contribution in [3.8, 4) is 28.4 Å². The SMILES string of the molecule is CN(C)[C@@H]1C(OCc2ccccc2)=C(C(N)=O)C(=O)[C@@]2(O)C(=O)C3=C(O)c4c(O)ccc(-c5ccc6c(c5)OCO6)c4C[C@H]3CC12. The van der Waals surface area contributed by atoms with Crippen LogP contribution < -0.4 is 15.2 Å². The predicted octanol–water partition coefficient (Wildman–Crippen LogP) is 3.02. The fraction of sp³-hybridized carbons (Fsp3) is 0.286. The lowest BCUT2D eigenvalue weighted by atomic mass is 9.57. The zero-order valence-corrected chi connectivity index (χ0v) is 25.1. The summed E-state index contributed by atoms with van der Waals surface area (Å²) in [5.74, 6) is -4.66. The van der Waals surface area contributed by atoms with Gasteiger partial charge in [-0.15, -0.1) is 0 Å². The summed E-state index contributed by atoms with van der Waals surface area (Å²) in [6.45, 7) is 0.118. The molecular formula is C35H32N2O9. The number of carbonyl (C=O) groups is 3. The smallest absolute Gasteiger partial charge is 0.255 e. The van der Waals surface area contributed by atoms with Crippen molar-refractivity contribution < 1.29 is 43.9 Å². The molecule has 0 radical (unpaired) electrons. The summed E-state index contributed by atoms with van der Waals surface area (Å²) in [7, 11) is 3.40. The lowest BCUT2D eigenvalue weighted by molar-refractivity contribution is -0.162. The Morgan fingerprint density at radius 3 is 2.48 bits per heavy atom. The van der Waals surface area contributed by atoms with E-state index in [0.717, 1.165) is 11.1 Å². The molecule has 1 amide bonds. The summed E-state index contributed by atoms with van der Waals surface area (Å²) in [6, 6.07) is 16.8. The molecule has 3 aromatic carbocycles. The van der Waals surface area contributed by atoms with Crippen molar-refractivity contribution >= 4 is 23.2 Å². The number of hydrogen-bond donors (Lipinski definition) is 4. The van der Waals surface area contributed by atoms with E-state index in [2.05, 4.69) is 0 Å². The molecule has 0 aromatic heterocycles. The Kier molecular flexibility index (Phi) is 6.91. The minimum absolute atomic E-state index is 0.0135. The van der Waals surface area contributed by atoms with Gasteiger partial charge in [0.05, 0.1) is 11.6 Å². The first-order valence-corrected chi connectivity index (χ1v) is 14.9. The highest BCUT2D eigenvalue weighted by atomic mass is 16.7. The average molecular weight is 625 g/mol. The molecule has 46 heavy (non-hydrogen) atoms. The van der Waals surface area contributed by atoms with Gasteiger partial charge in [0.15, 0.2) is 17.1 Å². The van der Waals surface area contributed by atoms with Crippen LogP contribution in [0.1, 0.15) is 23.1 Å². The standard InChI is InChI=1S/C35H32N2O9/c1-37(2)29-22-13-19-12-21-20(18-8-11-24-25(14-18)46-16-45-24)9-10-23(38)27(21)30(39)26(19)32(40)35(22,43)33(41)28(34(36)42)31(29)44-15-17-6-4-3-5-7-17/h3-11,14,19,22,29,38-39,43H,12-13,15-16H2,1-2H3,(H2,36,42)/t19-,22?,29-,35-/m0/s1. The molecule has 4 aliphatic rings. The molecule has 1 saturated carbocycles. The number of nitrogens with two attached hydrogens (primary N) is 1. The van der Waals surface area contributed by atoms with Crippen molar-refractivity contribution in [2.24, 2.45) is 17.6 Å². The molecule has 1 unspecified atom stereocenters. The first kappa shape index (κ1) is 29.6. The number of ketones is 2. The molecule has 1 aliphatic heterocycles. The van der Waals surface area contributed by atoms with Crippen LogP contribution in [0.25, 0.3) is 16.9 Å². The highest BCUT2D eigenvalue weighted by molar-refractivity contribution is 6.33. The second-order valence-electron chi connectivity index (χ2n) is 12.3. The van der Waals surface area contributed by atoms with Gasteiger partial charge in [-0.3, -0.25) is 19.3 Å². The van der Waals surface area contributed by atoms with Crippen LogP contribution in [0.15, 0.2) is 77.6 Å². The maximum atomic E-state index is 14.3. The number of benzene rings is 3. The van der Waals surface area contributed by atoms with E-state index in [1.165, 1.54) is 6.07 Å². The van der Waals surface area contributed by atoms with Crippen molar-refractivity contribution in [3.63, 3.8) is 0 Å². The number of aliphatic hydroxyl groups excluding tert-OH is 1. The lowest BCUT2D eigenvalue weighted by Gasteiger charge is -2.50. The number of phenols is 1. The Balaban J connectivity index is 1.35. The van der Waals surface area contributed by atoms with Crippen molar-refractivity contribution in [2.75, 3.05) is 20.9 Å². The number of primary amides is 1. The van der Waals surface area contributed by atoms with Crippen LogP contribution in [0.3, 0.4) is 0 Å². The second-order valence-corrected chi connectivity index (χ2v) is 12.3. The van der Waals surface area contributed by atoms with Crippen LogP contribution >= 0.6 is 0 Å². The molecule has 3 aromatic rings. The van der Waals surface area contributed by atoms with E-state index < -0.39 is 52.3 Å². The summed E-state index contributed by atoms with van der Waals surface area (Å²) in [5.41, 5.74) is 5.10. The van der Waals surface area contributed by atoms with Crippen LogP contribution in [0, 0.1) is 11.8 Å². The third kappa shape index (κ3) is 4.30. The summed E-state index contributed by atoms with van der Waals surface area (Å²) in [4.78, 5) is 42.8. The fourth-order valence-electron chi connectivity index (χ4n) is 7.45. The van der Waals surface area contributed by atoms with Crippen molar-refractivity contribution in [2.45, 2.75) is 31.1 Å². The number of amides is 1. The third-order valence-electron chi connectivity index (χ3n) is 9.50. The molecule has 0 saturated heterocycles. The van der Waals surface area contributed by atoms with Crippen LogP contribution in [-0.4, -0.2) is 70.2 Å². The van der Waals surface area contributed by atoms with Gasteiger partial charge in [-0.05, 0) is 73.3 Å². The molecule has 5 N–H and O–H groups in total. The predicted molar refractivity (Wildman–Crippen MR) is 164 cm³/mol. The van der Waals surface area contributed by atoms with Crippen LogP contribution in [0.4, 0.5) is 0 Å². The Labute approximate surface area is 264 Å². The summed E-state index contributed by atoms with van der Waals surface area (Å²) < 4.78 is 17.1. The number of rotatable bonds is 6. The first-order chi connectivity index (χ1) is 22.0. The Morgan fingerprint density at radius 2 is 1.76 bits per heavy atom. The van der Waals surface area contributed by atoms with E-state index in [1.807, 2.05) is 42.5 Å². The molecule has 1 heterocycles. The van der Waals surface area contributed by atoms with Gasteiger partial charge in [0.1, 0.15) is 29.4 Å². The Hall–Kier alpha value is -5.13. The number of phenolic OH excluding ortho intramolecular Hbond substituents is 1. The first-order valence-electron chi connectivity index (χ1n) is 14.9. The van der Waals surface area contributed by atoms with Crippen molar-refractivity contribution in [1.82, 2.24) is 4.90 Å². The molecule has 1 fully saturated rings. The molecule has 4 atom stereocenters. The minimum Gasteiger partial charge on any atom is -0.507 e. The van der Waals surface area contributed by atoms with Gasteiger partial charge >= 0.3 is 0 Å². The van der Waals surface area contributed by atoms with Gasteiger partial charge in [0.25, 0.3) is 5.91 Å². The van der Waals surface area contributed by atoms with E-state index >= 15 is 0 Å². The number of aromatic hydroxyl groups is 1. The molecule has 236 valence electrons. The van der Waals surface area contributed by atoms with Gasteiger partial charge in [-0.1, -0.05) is 42.5 Å². The quantitative estimate of drug-likeness (QED) is 0.236. The zero-order chi connectivity index (χ0) is 32.5. The summed E-state index contributed by atoms with van der Waals surface area (Å²) >= 11 is 0. The van der Waals surface area contributed by atoms with Gasteiger partial charge < -0.3 is 35.3 Å². The summed E-state index contributed by atoms with van der Waals surface area (Å²) in [5, 5.41) is 34.7. The number of Topliss-reactive ketones (excluding diaryl/α,β-unsaturated/α-hetero) is 2. The molecule has 3 aliphatic carbocycles. The maximum absolute atomic E-state index is 14.3. The number of ether oxygens (including phenoxy) is 3. The third-order valence-corrected chi connectivity index (χ3v) is 9.50. The van der Waals surface area contributed by atoms with Gasteiger partial charge in [0, 0.05) is 11.5 Å². The largest absolute Gasteiger partial charge is 0.507 e. The van der Waals surface area contributed by atoms with Gasteiger partial charge in [-0.25, -0.2) is 0 Å². The topological polar surface area (TPSA) is 169 Å². The van der Waals surface area contributed by atoms with E-state index in [9.17, 15) is 29.7 Å². The maximum Gasteiger partial charge on any atom is 0.255 e. The minimum atomic E-state index is -2.71. The van der Waals surface area contributed by atoms with E-state index in [-0.39, 0.29) is 48.9 Å². The highest BCUT2D eigenvalue weighted by Crippen LogP contribution is 2.53. The molecule has 0 bridgehead atoms. The van der Waals surface area contributed by atoms with Gasteiger partial charge in [0.2, 0.25) is 18.4 Å². The number of carbonyl (C=O) groups excluding carboxylic acids is 3. The molecular weight excluding hydrogens is 592 g/mol. The van der Waals surface area contributed by atoms with E-state index in [4.69, 9.17) is 19.9 Å². The van der Waals surface area contributed by atoms with Crippen molar-refractivity contribution in [1.29, 1.82) is 0 Å². The molecule has 0 spiro atoms.